The molecule has 0 nitrogen and oxygen atoms in total. The fraction of sp³-hybridized carbons (Fsp3) is 0.118. The summed E-state index contributed by atoms with van der Waals surface area (Å²) in [5.74, 6) is 0. The van der Waals surface area contributed by atoms with E-state index >= 15 is 0 Å². The summed E-state index contributed by atoms with van der Waals surface area (Å²) in [6.45, 7) is 17.7. The molecule has 0 saturated carbocycles. The van der Waals surface area contributed by atoms with Gasteiger partial charge in [-0.15, -0.1) is 138 Å². The molecule has 12 aromatic rings. The topological polar surface area (TPSA) is 0 Å². The molecular weight excluding hydrogens is 1040 g/mol. The molecule has 0 bridgehead atoms. The van der Waals surface area contributed by atoms with E-state index in [4.69, 9.17) is 0 Å². The normalized spacial score (nSPS) is 10.1. The van der Waals surface area contributed by atoms with Crippen molar-refractivity contribution < 1.29 is 63.2 Å². The number of hydrogen-bond acceptors (Lipinski definition) is 0. The van der Waals surface area contributed by atoms with Crippen LogP contribution in [0.4, 0.5) is 0 Å². The van der Waals surface area contributed by atoms with Crippen LogP contribution in [0.5, 0.6) is 0 Å². The SMILES string of the molecule is C[Si](C)=[Ti+2].C[Si](C)=[Ti+2].Cc1cc2c(-c3ccccc3)cccc2[cH-]1.Cc1cc2c(-c3ccccc3)cccc2[cH-]1.Cc1cc2c(-c3ccccc3)cccc2[cH-]1.Cc1cc2c(-c3ccccc3)cccc2[cH-]1.[Cl-].[Cl-]. The molecule has 6 heteroatoms. The molecule has 0 heterocycles. The molecule has 74 heavy (non-hydrogen) atoms. The summed E-state index contributed by atoms with van der Waals surface area (Å²) in [5.41, 5.74) is 15.8. The summed E-state index contributed by atoms with van der Waals surface area (Å²) >= 11 is 4.54. The van der Waals surface area contributed by atoms with Crippen LogP contribution in [0.3, 0.4) is 0 Å². The van der Waals surface area contributed by atoms with Gasteiger partial charge in [0, 0.05) is 0 Å². The summed E-state index contributed by atoms with van der Waals surface area (Å²) in [6, 6.07) is 86.2. The van der Waals surface area contributed by atoms with Gasteiger partial charge in [0.1, 0.15) is 0 Å². The summed E-state index contributed by atoms with van der Waals surface area (Å²) in [4.78, 5) is 0. The van der Waals surface area contributed by atoms with Gasteiger partial charge in [0.25, 0.3) is 0 Å². The second kappa shape index (κ2) is 29.7. The van der Waals surface area contributed by atoms with Crippen molar-refractivity contribution in [1.29, 1.82) is 0 Å². The van der Waals surface area contributed by atoms with E-state index in [9.17, 15) is 0 Å². The molecule has 0 saturated heterocycles. The molecule has 12 aromatic carbocycles. The zero-order chi connectivity index (χ0) is 51.0. The Hall–Kier alpha value is -5.36. The van der Waals surface area contributed by atoms with Gasteiger partial charge in [-0.2, -0.15) is 24.3 Å². The Morgan fingerprint density at radius 3 is 0.622 bits per heavy atom. The van der Waals surface area contributed by atoms with Crippen molar-refractivity contribution in [2.24, 2.45) is 0 Å². The predicted octanol–water partition coefficient (Wildman–Crippen LogP) is 13.7. The molecule has 0 unspecified atom stereocenters. The van der Waals surface area contributed by atoms with Crippen LogP contribution in [0.1, 0.15) is 22.3 Å². The minimum absolute atomic E-state index is 0. The Labute approximate surface area is 477 Å². The molecule has 0 spiro atoms. The van der Waals surface area contributed by atoms with E-state index in [2.05, 4.69) is 335 Å². The maximum atomic E-state index is 2.27. The molecule has 0 aromatic heterocycles. The van der Waals surface area contributed by atoms with Gasteiger partial charge in [0.2, 0.25) is 0 Å². The van der Waals surface area contributed by atoms with Crippen LogP contribution in [0.15, 0.2) is 243 Å². The van der Waals surface area contributed by atoms with Crippen LogP contribution in [-0.4, -0.2) is 12.4 Å². The Balaban J connectivity index is 0.000000173. The van der Waals surface area contributed by atoms with Gasteiger partial charge >= 0.3 is 76.9 Å². The number of halogens is 2. The van der Waals surface area contributed by atoms with Crippen LogP contribution in [0.25, 0.3) is 87.6 Å². The zero-order valence-electron chi connectivity index (χ0n) is 43.8. The molecule has 0 radical (unpaired) electrons. The van der Waals surface area contributed by atoms with Crippen molar-refractivity contribution in [2.75, 3.05) is 0 Å². The first-order valence-corrected chi connectivity index (χ1v) is 34.4. The summed E-state index contributed by atoms with van der Waals surface area (Å²) in [7, 11) is 0. The Morgan fingerprint density at radius 2 is 0.446 bits per heavy atom. The maximum Gasteiger partial charge on any atom is -0.0279 e. The summed E-state index contributed by atoms with van der Waals surface area (Å²) < 4.78 is 0. The van der Waals surface area contributed by atoms with Crippen molar-refractivity contribution >= 4 is 55.5 Å². The number of rotatable bonds is 4. The molecule has 0 N–H and O–H groups in total. The van der Waals surface area contributed by atoms with E-state index in [-0.39, 0.29) is 37.2 Å². The largest absolute Gasteiger partial charge is 1.00 e. The summed E-state index contributed by atoms with van der Waals surface area (Å²) in [6.07, 6.45) is 0.241. The number of fused-ring (bicyclic) bond motifs is 4. The molecule has 0 aliphatic carbocycles. The monoisotopic (exact) mass is 1100 g/mol. The fourth-order valence-electron chi connectivity index (χ4n) is 9.02. The minimum atomic E-state index is 0. The summed E-state index contributed by atoms with van der Waals surface area (Å²) in [5, 5.41) is 10.7. The smallest absolute Gasteiger partial charge is 0.0279 e. The number of benzene rings is 8. The van der Waals surface area contributed by atoms with E-state index < -0.39 is 0 Å². The number of aryl methyl sites for hydroxylation is 4. The number of hydrogen-bond donors (Lipinski definition) is 0. The second-order valence-corrected chi connectivity index (χ2v) is 32.2. The molecule has 0 fully saturated rings. The van der Waals surface area contributed by atoms with Gasteiger partial charge in [0.15, 0.2) is 0 Å². The van der Waals surface area contributed by atoms with Gasteiger partial charge in [-0.05, 0) is 22.3 Å². The molecule has 368 valence electrons. The first kappa shape index (κ1) is 59.5. The van der Waals surface area contributed by atoms with Gasteiger partial charge in [-0.25, -0.2) is 0 Å². The Morgan fingerprint density at radius 1 is 0.270 bits per heavy atom. The van der Waals surface area contributed by atoms with Crippen molar-refractivity contribution in [2.45, 2.75) is 53.9 Å². The molecule has 12 rings (SSSR count). The molecular formula is C68H64Cl2Si2Ti2-2. The average molecular weight is 1100 g/mol. The average Bonchev–Trinajstić information content (AvgIpc) is 4.18. The predicted molar refractivity (Wildman–Crippen MR) is 314 cm³/mol. The molecule has 0 aliphatic rings. The third-order valence-electron chi connectivity index (χ3n) is 11.9. The van der Waals surface area contributed by atoms with Crippen LogP contribution in [0.2, 0.25) is 26.2 Å². The van der Waals surface area contributed by atoms with E-state index in [0.717, 1.165) is 0 Å². The minimum Gasteiger partial charge on any atom is -1.00 e. The Kier molecular flexibility index (Phi) is 23.9. The van der Waals surface area contributed by atoms with Crippen molar-refractivity contribution in [3.05, 3.63) is 265 Å². The van der Waals surface area contributed by atoms with Gasteiger partial charge in [-0.1, -0.05) is 196 Å². The second-order valence-electron chi connectivity index (χ2n) is 18.8. The van der Waals surface area contributed by atoms with Gasteiger partial charge in [-0.3, -0.25) is 0 Å². The fourth-order valence-corrected chi connectivity index (χ4v) is 9.02. The van der Waals surface area contributed by atoms with Gasteiger partial charge < -0.3 is 24.8 Å². The zero-order valence-corrected chi connectivity index (χ0v) is 50.5. The molecule has 0 atom stereocenters. The maximum absolute atomic E-state index is 2.27. The third-order valence-corrected chi connectivity index (χ3v) is 11.9. The van der Waals surface area contributed by atoms with Crippen molar-refractivity contribution in [3.63, 3.8) is 0 Å². The van der Waals surface area contributed by atoms with E-state index in [0.29, 0.717) is 0 Å². The van der Waals surface area contributed by atoms with Crippen LogP contribution in [0, 0.1) is 27.7 Å². The Bertz CT molecular complexity index is 3160. The van der Waals surface area contributed by atoms with E-state index in [1.807, 2.05) is 0 Å². The standard InChI is InChI=1S/4C16H13.2C2H6Si.2ClH.2Ti/c4*1-12-10-14-8-5-9-15(16(14)11-12)13-6-3-2-4-7-13;2*1-3-2;;;;/h4*2-11H,1H3;2*1-2H3;2*1H;;/q4*-1;;;;;2*+2/p-2. The van der Waals surface area contributed by atoms with E-state index in [1.165, 1.54) is 110 Å². The van der Waals surface area contributed by atoms with Crippen LogP contribution >= 0.6 is 0 Å². The third kappa shape index (κ3) is 16.8. The van der Waals surface area contributed by atoms with E-state index in [1.54, 1.807) is 0 Å². The molecule has 0 aliphatic heterocycles. The first-order chi connectivity index (χ1) is 34.8. The molecule has 0 amide bonds. The quantitative estimate of drug-likeness (QED) is 0.122. The van der Waals surface area contributed by atoms with Crippen LogP contribution in [-0.2, 0) is 38.3 Å². The van der Waals surface area contributed by atoms with Crippen molar-refractivity contribution in [3.8, 4) is 44.5 Å². The van der Waals surface area contributed by atoms with Gasteiger partial charge in [0.05, 0.1) is 0 Å². The first-order valence-electron chi connectivity index (χ1n) is 24.7. The van der Waals surface area contributed by atoms with Crippen LogP contribution < -0.4 is 24.8 Å². The van der Waals surface area contributed by atoms with Crippen molar-refractivity contribution in [1.82, 2.24) is 0 Å².